The largest absolute Gasteiger partial charge is 0.271 e. The van der Waals surface area contributed by atoms with E-state index in [4.69, 9.17) is 0 Å². The standard InChI is InChI=1S/C19H23N3O3S/c1-14(2)18(19(23)21-20-13-16-7-5-4-6-8-16)22-26(24,25)17-11-9-15(3)10-12-17/h4-14,18,22H,1-3H3,(H,21,23)/b20-13-/t18-/m0/s1. The Morgan fingerprint density at radius 3 is 2.23 bits per heavy atom. The first-order valence-electron chi connectivity index (χ1n) is 8.26. The molecule has 0 heterocycles. The maximum Gasteiger partial charge on any atom is 0.258 e. The van der Waals surface area contributed by atoms with Gasteiger partial charge in [0.25, 0.3) is 5.91 Å². The Morgan fingerprint density at radius 1 is 1.04 bits per heavy atom. The summed E-state index contributed by atoms with van der Waals surface area (Å²) in [7, 11) is -3.81. The number of hydrazone groups is 1. The van der Waals surface area contributed by atoms with Crippen LogP contribution in [-0.4, -0.2) is 26.6 Å². The number of hydrogen-bond donors (Lipinski definition) is 2. The first kappa shape index (κ1) is 19.8. The average molecular weight is 373 g/mol. The molecule has 0 aromatic heterocycles. The molecule has 138 valence electrons. The molecule has 0 fully saturated rings. The summed E-state index contributed by atoms with van der Waals surface area (Å²) in [6.45, 7) is 5.41. The van der Waals surface area contributed by atoms with Crippen LogP contribution in [0.2, 0.25) is 0 Å². The molecule has 1 atom stereocenters. The molecule has 2 N–H and O–H groups in total. The number of benzene rings is 2. The van der Waals surface area contributed by atoms with Crippen LogP contribution in [0.5, 0.6) is 0 Å². The van der Waals surface area contributed by atoms with Gasteiger partial charge < -0.3 is 0 Å². The minimum absolute atomic E-state index is 0.120. The molecule has 1 amide bonds. The highest BCUT2D eigenvalue weighted by Crippen LogP contribution is 2.13. The van der Waals surface area contributed by atoms with E-state index in [0.717, 1.165) is 11.1 Å². The maximum atomic E-state index is 12.5. The van der Waals surface area contributed by atoms with Crippen molar-refractivity contribution in [2.75, 3.05) is 0 Å². The summed E-state index contributed by atoms with van der Waals surface area (Å²) in [5, 5.41) is 3.90. The van der Waals surface area contributed by atoms with E-state index in [0.29, 0.717) is 0 Å². The molecule has 0 saturated heterocycles. The summed E-state index contributed by atoms with van der Waals surface area (Å²) >= 11 is 0. The van der Waals surface area contributed by atoms with Crippen LogP contribution in [0.4, 0.5) is 0 Å². The monoisotopic (exact) mass is 373 g/mol. The van der Waals surface area contributed by atoms with Crippen LogP contribution in [0.1, 0.15) is 25.0 Å². The SMILES string of the molecule is Cc1ccc(S(=O)(=O)N[C@H](C(=O)N/N=C\c2ccccc2)C(C)C)cc1. The number of hydrogen-bond acceptors (Lipinski definition) is 4. The van der Waals surface area contributed by atoms with Gasteiger partial charge in [-0.05, 0) is 30.5 Å². The molecule has 0 saturated carbocycles. The summed E-state index contributed by atoms with van der Waals surface area (Å²) in [6.07, 6.45) is 1.50. The van der Waals surface area contributed by atoms with E-state index in [-0.39, 0.29) is 10.8 Å². The smallest absolute Gasteiger partial charge is 0.258 e. The van der Waals surface area contributed by atoms with Gasteiger partial charge in [-0.2, -0.15) is 9.82 Å². The van der Waals surface area contributed by atoms with Crippen LogP contribution < -0.4 is 10.1 Å². The zero-order valence-corrected chi connectivity index (χ0v) is 15.8. The molecule has 0 aliphatic carbocycles. The highest BCUT2D eigenvalue weighted by molar-refractivity contribution is 7.89. The van der Waals surface area contributed by atoms with Crippen molar-refractivity contribution in [1.29, 1.82) is 0 Å². The Labute approximate surface area is 154 Å². The van der Waals surface area contributed by atoms with Crippen molar-refractivity contribution in [3.63, 3.8) is 0 Å². The Kier molecular flexibility index (Phi) is 6.65. The molecule has 2 aromatic carbocycles. The molecule has 6 nitrogen and oxygen atoms in total. The first-order valence-corrected chi connectivity index (χ1v) is 9.75. The zero-order valence-electron chi connectivity index (χ0n) is 15.0. The first-order chi connectivity index (χ1) is 12.3. The topological polar surface area (TPSA) is 87.6 Å². The van der Waals surface area contributed by atoms with Gasteiger partial charge in [-0.15, -0.1) is 0 Å². The highest BCUT2D eigenvalue weighted by atomic mass is 32.2. The summed E-state index contributed by atoms with van der Waals surface area (Å²) in [5.41, 5.74) is 4.18. The van der Waals surface area contributed by atoms with Crippen LogP contribution in [0, 0.1) is 12.8 Å². The molecule has 0 unspecified atom stereocenters. The predicted molar refractivity (Wildman–Crippen MR) is 102 cm³/mol. The summed E-state index contributed by atoms with van der Waals surface area (Å²) in [4.78, 5) is 12.5. The van der Waals surface area contributed by atoms with Crippen molar-refractivity contribution in [2.45, 2.75) is 31.7 Å². The third-order valence-electron chi connectivity index (χ3n) is 3.75. The Morgan fingerprint density at radius 2 is 1.65 bits per heavy atom. The number of carbonyl (C=O) groups is 1. The fourth-order valence-electron chi connectivity index (χ4n) is 2.22. The van der Waals surface area contributed by atoms with Crippen LogP contribution in [-0.2, 0) is 14.8 Å². The zero-order chi connectivity index (χ0) is 19.2. The van der Waals surface area contributed by atoms with Gasteiger partial charge in [0, 0.05) is 0 Å². The average Bonchev–Trinajstić information content (AvgIpc) is 2.60. The van der Waals surface area contributed by atoms with Gasteiger partial charge in [0.05, 0.1) is 11.1 Å². The fourth-order valence-corrected chi connectivity index (χ4v) is 3.57. The lowest BCUT2D eigenvalue weighted by Crippen LogP contribution is -2.48. The van der Waals surface area contributed by atoms with Gasteiger partial charge in [0.1, 0.15) is 6.04 Å². The van der Waals surface area contributed by atoms with Crippen LogP contribution in [0.15, 0.2) is 64.6 Å². The molecule has 26 heavy (non-hydrogen) atoms. The molecule has 0 radical (unpaired) electrons. The summed E-state index contributed by atoms with van der Waals surface area (Å²) < 4.78 is 27.5. The number of amides is 1. The van der Waals surface area contributed by atoms with E-state index < -0.39 is 22.0 Å². The molecule has 0 spiro atoms. The van der Waals surface area contributed by atoms with Crippen LogP contribution in [0.25, 0.3) is 0 Å². The van der Waals surface area contributed by atoms with E-state index in [1.165, 1.54) is 18.3 Å². The Hall–Kier alpha value is -2.51. The second-order valence-electron chi connectivity index (χ2n) is 6.30. The van der Waals surface area contributed by atoms with Gasteiger partial charge in [0.15, 0.2) is 0 Å². The second-order valence-corrected chi connectivity index (χ2v) is 8.01. The number of nitrogens with one attached hydrogen (secondary N) is 2. The van der Waals surface area contributed by atoms with E-state index in [2.05, 4.69) is 15.2 Å². The van der Waals surface area contributed by atoms with Crippen molar-refractivity contribution < 1.29 is 13.2 Å². The predicted octanol–water partition coefficient (Wildman–Crippen LogP) is 2.45. The van der Waals surface area contributed by atoms with Crippen molar-refractivity contribution in [1.82, 2.24) is 10.1 Å². The third-order valence-corrected chi connectivity index (χ3v) is 5.21. The quantitative estimate of drug-likeness (QED) is 0.577. The number of carbonyl (C=O) groups excluding carboxylic acids is 1. The molecule has 0 bridgehead atoms. The van der Waals surface area contributed by atoms with E-state index in [1.54, 1.807) is 26.0 Å². The molecular weight excluding hydrogens is 350 g/mol. The Bertz CT molecular complexity index is 861. The van der Waals surface area contributed by atoms with Gasteiger partial charge in [-0.1, -0.05) is 61.9 Å². The van der Waals surface area contributed by atoms with Crippen molar-refractivity contribution in [2.24, 2.45) is 11.0 Å². The minimum Gasteiger partial charge on any atom is -0.271 e. The molecule has 2 rings (SSSR count). The molecule has 0 aliphatic rings. The van der Waals surface area contributed by atoms with E-state index in [9.17, 15) is 13.2 Å². The third kappa shape index (κ3) is 5.50. The molecular formula is C19H23N3O3S. The van der Waals surface area contributed by atoms with Gasteiger partial charge >= 0.3 is 0 Å². The van der Waals surface area contributed by atoms with E-state index >= 15 is 0 Å². The van der Waals surface area contributed by atoms with Crippen molar-refractivity contribution in [3.8, 4) is 0 Å². The number of nitrogens with zero attached hydrogens (tertiary/aromatic N) is 1. The fraction of sp³-hybridized carbons (Fsp3) is 0.263. The van der Waals surface area contributed by atoms with Gasteiger partial charge in [-0.3, -0.25) is 4.79 Å². The second kappa shape index (κ2) is 8.73. The molecule has 7 heteroatoms. The van der Waals surface area contributed by atoms with Gasteiger partial charge in [-0.25, -0.2) is 13.8 Å². The highest BCUT2D eigenvalue weighted by Gasteiger charge is 2.28. The van der Waals surface area contributed by atoms with Crippen LogP contribution >= 0.6 is 0 Å². The summed E-state index contributed by atoms with van der Waals surface area (Å²) in [5.74, 6) is -0.759. The maximum absolute atomic E-state index is 12.5. The summed E-state index contributed by atoms with van der Waals surface area (Å²) in [6, 6.07) is 14.8. The van der Waals surface area contributed by atoms with E-state index in [1.807, 2.05) is 37.3 Å². The Balaban J connectivity index is 2.09. The molecule has 0 aliphatic heterocycles. The van der Waals surface area contributed by atoms with Crippen molar-refractivity contribution >= 4 is 22.1 Å². The van der Waals surface area contributed by atoms with Crippen LogP contribution in [0.3, 0.4) is 0 Å². The lowest BCUT2D eigenvalue weighted by atomic mass is 10.1. The molecule has 2 aromatic rings. The van der Waals surface area contributed by atoms with Gasteiger partial charge in [0.2, 0.25) is 10.0 Å². The lowest BCUT2D eigenvalue weighted by molar-refractivity contribution is -0.123. The van der Waals surface area contributed by atoms with Crippen molar-refractivity contribution in [3.05, 3.63) is 65.7 Å². The number of aryl methyl sites for hydroxylation is 1. The normalized spacial score (nSPS) is 13.1. The minimum atomic E-state index is -3.81. The number of sulfonamides is 1. The lowest BCUT2D eigenvalue weighted by Gasteiger charge is -2.20. The number of rotatable bonds is 7.